The third-order valence-corrected chi connectivity index (χ3v) is 4.22. The molecule has 6 heteroatoms. The SMILES string of the molecule is COc1cc2ncnc(Nc3cccc(Oc4ccccc4)c3)c2cc1OC. The minimum atomic E-state index is 0.619. The van der Waals surface area contributed by atoms with Gasteiger partial charge in [0.1, 0.15) is 23.6 Å². The maximum Gasteiger partial charge on any atom is 0.162 e. The molecule has 140 valence electrons. The molecule has 6 nitrogen and oxygen atoms in total. The Kier molecular flexibility index (Phi) is 4.93. The normalized spacial score (nSPS) is 10.5. The van der Waals surface area contributed by atoms with Crippen molar-refractivity contribution in [2.75, 3.05) is 19.5 Å². The molecule has 0 aliphatic heterocycles. The molecule has 0 radical (unpaired) electrons. The van der Waals surface area contributed by atoms with Gasteiger partial charge >= 0.3 is 0 Å². The average molecular weight is 373 g/mol. The van der Waals surface area contributed by atoms with Crippen LogP contribution in [0.15, 0.2) is 73.1 Å². The molecule has 0 aliphatic carbocycles. The van der Waals surface area contributed by atoms with Crippen LogP contribution < -0.4 is 19.5 Å². The Morgan fingerprint density at radius 1 is 0.750 bits per heavy atom. The van der Waals surface area contributed by atoms with E-state index in [-0.39, 0.29) is 0 Å². The van der Waals surface area contributed by atoms with Crippen LogP contribution in [-0.2, 0) is 0 Å². The molecule has 4 rings (SSSR count). The van der Waals surface area contributed by atoms with Crippen molar-refractivity contribution in [1.29, 1.82) is 0 Å². The summed E-state index contributed by atoms with van der Waals surface area (Å²) in [4.78, 5) is 8.72. The number of para-hydroxylation sites is 1. The summed E-state index contributed by atoms with van der Waals surface area (Å²) < 4.78 is 16.7. The van der Waals surface area contributed by atoms with E-state index < -0.39 is 0 Å². The number of rotatable bonds is 6. The molecule has 0 saturated carbocycles. The van der Waals surface area contributed by atoms with Gasteiger partial charge in [0.25, 0.3) is 0 Å². The van der Waals surface area contributed by atoms with E-state index in [1.54, 1.807) is 14.2 Å². The fraction of sp³-hybridized carbons (Fsp3) is 0.0909. The summed E-state index contributed by atoms with van der Waals surface area (Å²) in [6.07, 6.45) is 1.51. The van der Waals surface area contributed by atoms with Crippen LogP contribution in [0.1, 0.15) is 0 Å². The van der Waals surface area contributed by atoms with Crippen LogP contribution >= 0.6 is 0 Å². The van der Waals surface area contributed by atoms with Gasteiger partial charge in [-0.05, 0) is 30.3 Å². The van der Waals surface area contributed by atoms with Gasteiger partial charge in [-0.3, -0.25) is 0 Å². The van der Waals surface area contributed by atoms with Gasteiger partial charge in [0.05, 0.1) is 19.7 Å². The molecule has 0 spiro atoms. The number of hydrogen-bond acceptors (Lipinski definition) is 6. The van der Waals surface area contributed by atoms with Crippen LogP contribution in [0.25, 0.3) is 10.9 Å². The molecule has 0 amide bonds. The Balaban J connectivity index is 1.65. The second kappa shape index (κ2) is 7.84. The number of anilines is 2. The van der Waals surface area contributed by atoms with Gasteiger partial charge in [0.15, 0.2) is 11.5 Å². The van der Waals surface area contributed by atoms with Gasteiger partial charge in [-0.25, -0.2) is 9.97 Å². The Bertz CT molecular complexity index is 1100. The number of nitrogens with one attached hydrogen (secondary N) is 1. The van der Waals surface area contributed by atoms with Gasteiger partial charge in [0, 0.05) is 23.2 Å². The van der Waals surface area contributed by atoms with E-state index in [4.69, 9.17) is 14.2 Å². The first-order valence-electron chi connectivity index (χ1n) is 8.73. The Labute approximate surface area is 162 Å². The molecule has 1 heterocycles. The number of ether oxygens (including phenoxy) is 3. The fourth-order valence-corrected chi connectivity index (χ4v) is 2.88. The van der Waals surface area contributed by atoms with Crippen LogP contribution in [-0.4, -0.2) is 24.2 Å². The van der Waals surface area contributed by atoms with Crippen molar-refractivity contribution in [3.05, 3.63) is 73.1 Å². The molecular formula is C22H19N3O3. The van der Waals surface area contributed by atoms with Crippen LogP contribution in [0.3, 0.4) is 0 Å². The number of benzene rings is 3. The van der Waals surface area contributed by atoms with Crippen LogP contribution in [0.2, 0.25) is 0 Å². The highest BCUT2D eigenvalue weighted by Crippen LogP contribution is 2.34. The van der Waals surface area contributed by atoms with Crippen LogP contribution in [0, 0.1) is 0 Å². The third kappa shape index (κ3) is 3.66. The first-order chi connectivity index (χ1) is 13.8. The van der Waals surface area contributed by atoms with E-state index in [2.05, 4.69) is 15.3 Å². The first kappa shape index (κ1) is 17.6. The standard InChI is InChI=1S/C22H19N3O3/c1-26-20-12-18-19(13-21(20)27-2)23-14-24-22(18)25-15-7-6-10-17(11-15)28-16-8-4-3-5-9-16/h3-14H,1-2H3,(H,23,24,25). The van der Waals surface area contributed by atoms with Crippen LogP contribution in [0.5, 0.6) is 23.0 Å². The molecule has 0 bridgehead atoms. The third-order valence-electron chi connectivity index (χ3n) is 4.22. The fourth-order valence-electron chi connectivity index (χ4n) is 2.88. The molecule has 0 unspecified atom stereocenters. The van der Waals surface area contributed by atoms with Crippen molar-refractivity contribution in [2.24, 2.45) is 0 Å². The maximum atomic E-state index is 5.90. The largest absolute Gasteiger partial charge is 0.493 e. The van der Waals surface area contributed by atoms with Crippen molar-refractivity contribution in [2.45, 2.75) is 0 Å². The lowest BCUT2D eigenvalue weighted by Gasteiger charge is -2.13. The molecule has 28 heavy (non-hydrogen) atoms. The van der Waals surface area contributed by atoms with Gasteiger partial charge in [-0.2, -0.15) is 0 Å². The highest BCUT2D eigenvalue weighted by molar-refractivity contribution is 5.93. The highest BCUT2D eigenvalue weighted by atomic mass is 16.5. The van der Waals surface area contributed by atoms with Gasteiger partial charge < -0.3 is 19.5 Å². The number of hydrogen-bond donors (Lipinski definition) is 1. The minimum absolute atomic E-state index is 0.619. The maximum absolute atomic E-state index is 5.90. The van der Waals surface area contributed by atoms with Crippen molar-refractivity contribution >= 4 is 22.4 Å². The molecule has 0 saturated heterocycles. The van der Waals surface area contributed by atoms with Gasteiger partial charge in [0.2, 0.25) is 0 Å². The lowest BCUT2D eigenvalue weighted by molar-refractivity contribution is 0.356. The van der Waals surface area contributed by atoms with Gasteiger partial charge in [-0.15, -0.1) is 0 Å². The number of aromatic nitrogens is 2. The molecular weight excluding hydrogens is 354 g/mol. The zero-order chi connectivity index (χ0) is 19.3. The summed E-state index contributed by atoms with van der Waals surface area (Å²) >= 11 is 0. The van der Waals surface area contributed by atoms with Crippen molar-refractivity contribution in [1.82, 2.24) is 9.97 Å². The summed E-state index contributed by atoms with van der Waals surface area (Å²) in [5, 5.41) is 4.16. The van der Waals surface area contributed by atoms with E-state index in [9.17, 15) is 0 Å². The number of nitrogens with zero attached hydrogens (tertiary/aromatic N) is 2. The summed E-state index contributed by atoms with van der Waals surface area (Å²) in [7, 11) is 3.20. The summed E-state index contributed by atoms with van der Waals surface area (Å²) in [6.45, 7) is 0. The quantitative estimate of drug-likeness (QED) is 0.502. The molecule has 0 atom stereocenters. The molecule has 3 aromatic carbocycles. The molecule has 0 aliphatic rings. The predicted octanol–water partition coefficient (Wildman–Crippen LogP) is 5.18. The number of methoxy groups -OCH3 is 2. The van der Waals surface area contributed by atoms with E-state index in [0.29, 0.717) is 17.3 Å². The molecule has 0 fully saturated rings. The Hall–Kier alpha value is -3.80. The Morgan fingerprint density at radius 2 is 1.50 bits per heavy atom. The average Bonchev–Trinajstić information content (AvgIpc) is 2.74. The zero-order valence-corrected chi connectivity index (χ0v) is 15.5. The van der Waals surface area contributed by atoms with Crippen molar-refractivity contribution in [3.8, 4) is 23.0 Å². The predicted molar refractivity (Wildman–Crippen MR) is 109 cm³/mol. The van der Waals surface area contributed by atoms with Crippen molar-refractivity contribution < 1.29 is 14.2 Å². The lowest BCUT2D eigenvalue weighted by atomic mass is 10.2. The zero-order valence-electron chi connectivity index (χ0n) is 15.5. The van der Waals surface area contributed by atoms with E-state index in [0.717, 1.165) is 28.1 Å². The molecule has 1 aromatic heterocycles. The van der Waals surface area contributed by atoms with E-state index >= 15 is 0 Å². The second-order valence-electron chi connectivity index (χ2n) is 6.01. The summed E-state index contributed by atoms with van der Waals surface area (Å²) in [5.41, 5.74) is 1.61. The summed E-state index contributed by atoms with van der Waals surface area (Å²) in [5.74, 6) is 3.42. The van der Waals surface area contributed by atoms with Crippen LogP contribution in [0.4, 0.5) is 11.5 Å². The smallest absolute Gasteiger partial charge is 0.162 e. The van der Waals surface area contributed by atoms with Crippen molar-refractivity contribution in [3.63, 3.8) is 0 Å². The molecule has 4 aromatic rings. The van der Waals surface area contributed by atoms with E-state index in [1.165, 1.54) is 6.33 Å². The minimum Gasteiger partial charge on any atom is -0.493 e. The molecule has 1 N–H and O–H groups in total. The summed E-state index contributed by atoms with van der Waals surface area (Å²) in [6, 6.07) is 21.0. The lowest BCUT2D eigenvalue weighted by Crippen LogP contribution is -1.98. The highest BCUT2D eigenvalue weighted by Gasteiger charge is 2.11. The second-order valence-corrected chi connectivity index (χ2v) is 6.01. The first-order valence-corrected chi connectivity index (χ1v) is 8.73. The van der Waals surface area contributed by atoms with E-state index in [1.807, 2.05) is 66.7 Å². The Morgan fingerprint density at radius 3 is 2.29 bits per heavy atom. The van der Waals surface area contributed by atoms with Gasteiger partial charge in [-0.1, -0.05) is 24.3 Å². The monoisotopic (exact) mass is 373 g/mol. The topological polar surface area (TPSA) is 65.5 Å². The number of fused-ring (bicyclic) bond motifs is 1.